The molecule has 0 bridgehead atoms. The van der Waals surface area contributed by atoms with Gasteiger partial charge in [0.25, 0.3) is 0 Å². The molecule has 0 radical (unpaired) electrons. The highest BCUT2D eigenvalue weighted by Crippen LogP contribution is 2.43. The molecule has 2 atom stereocenters. The van der Waals surface area contributed by atoms with E-state index in [9.17, 15) is 4.79 Å². The molecule has 0 aromatic heterocycles. The van der Waals surface area contributed by atoms with Gasteiger partial charge >= 0.3 is 6.03 Å². The average molecular weight is 404 g/mol. The number of fused-ring (bicyclic) bond motifs is 1. The lowest BCUT2D eigenvalue weighted by Crippen LogP contribution is -2.42. The fourth-order valence-electron chi connectivity index (χ4n) is 4.89. The summed E-state index contributed by atoms with van der Waals surface area (Å²) in [5, 5.41) is 3.04. The van der Waals surface area contributed by atoms with E-state index in [0.717, 1.165) is 25.9 Å². The zero-order chi connectivity index (χ0) is 18.8. The molecular weight excluding hydrogens is 370 g/mol. The molecule has 1 N–H and O–H groups in total. The van der Waals surface area contributed by atoms with Gasteiger partial charge in [0, 0.05) is 31.6 Å². The summed E-state index contributed by atoms with van der Waals surface area (Å²) >= 11 is 0. The second-order valence-corrected chi connectivity index (χ2v) is 8.77. The minimum Gasteiger partial charge on any atom is -0.336 e. The SMILES string of the molecule is CC(C)NC(=O)N1C[C@H]2CC=C(c3ccc(CCN4CCCC4)cc3)[C@H]2C1.Cl. The van der Waals surface area contributed by atoms with Crippen molar-refractivity contribution in [1.82, 2.24) is 15.1 Å². The Hall–Kier alpha value is -1.52. The summed E-state index contributed by atoms with van der Waals surface area (Å²) < 4.78 is 0. The number of amides is 2. The number of halogens is 1. The summed E-state index contributed by atoms with van der Waals surface area (Å²) in [6.07, 6.45) is 7.38. The Morgan fingerprint density at radius 3 is 2.54 bits per heavy atom. The van der Waals surface area contributed by atoms with E-state index >= 15 is 0 Å². The normalized spacial score (nSPS) is 24.2. The van der Waals surface area contributed by atoms with Crippen molar-refractivity contribution in [3.8, 4) is 0 Å². The van der Waals surface area contributed by atoms with Crippen molar-refractivity contribution in [2.45, 2.75) is 45.6 Å². The molecule has 2 amide bonds. The topological polar surface area (TPSA) is 35.6 Å². The fraction of sp³-hybridized carbons (Fsp3) is 0.609. The molecule has 5 heteroatoms. The molecule has 1 aliphatic carbocycles. The van der Waals surface area contributed by atoms with E-state index in [4.69, 9.17) is 0 Å². The molecule has 1 aromatic carbocycles. The van der Waals surface area contributed by atoms with Crippen molar-refractivity contribution < 1.29 is 4.79 Å². The van der Waals surface area contributed by atoms with Crippen LogP contribution in [0.2, 0.25) is 0 Å². The second kappa shape index (κ2) is 9.32. The van der Waals surface area contributed by atoms with Gasteiger partial charge < -0.3 is 15.1 Å². The van der Waals surface area contributed by atoms with E-state index in [2.05, 4.69) is 40.6 Å². The van der Waals surface area contributed by atoms with Crippen LogP contribution in [0.15, 0.2) is 30.3 Å². The maximum Gasteiger partial charge on any atom is 0.317 e. The first-order valence-electron chi connectivity index (χ1n) is 10.7. The zero-order valence-corrected chi connectivity index (χ0v) is 18.0. The standard InChI is InChI=1S/C23H33N3O.ClH/c1-17(2)24-23(27)26-15-20-9-10-21(22(20)16-26)19-7-5-18(6-8-19)11-14-25-12-3-4-13-25;/h5-8,10,17,20,22H,3-4,9,11-16H2,1-2H3,(H,24,27);1H/t20-,22+;/m1./s1. The summed E-state index contributed by atoms with van der Waals surface area (Å²) in [6.45, 7) is 9.51. The molecule has 2 saturated heterocycles. The number of allylic oxidation sites excluding steroid dienone is 1. The number of hydrogen-bond acceptors (Lipinski definition) is 2. The molecular formula is C23H34ClN3O. The molecule has 4 nitrogen and oxygen atoms in total. The number of urea groups is 1. The van der Waals surface area contributed by atoms with Crippen molar-refractivity contribution in [3.63, 3.8) is 0 Å². The van der Waals surface area contributed by atoms with Gasteiger partial charge in [0.05, 0.1) is 0 Å². The number of nitrogens with one attached hydrogen (secondary N) is 1. The molecule has 2 fully saturated rings. The van der Waals surface area contributed by atoms with Crippen molar-refractivity contribution in [2.75, 3.05) is 32.7 Å². The molecule has 0 spiro atoms. The van der Waals surface area contributed by atoms with Gasteiger partial charge in [0.15, 0.2) is 0 Å². The summed E-state index contributed by atoms with van der Waals surface area (Å²) in [5.74, 6) is 1.09. The number of benzene rings is 1. The summed E-state index contributed by atoms with van der Waals surface area (Å²) in [4.78, 5) is 16.9. The highest BCUT2D eigenvalue weighted by Gasteiger charge is 2.40. The lowest BCUT2D eigenvalue weighted by atomic mass is 9.90. The number of hydrogen-bond donors (Lipinski definition) is 1. The third-order valence-electron chi connectivity index (χ3n) is 6.38. The Bertz CT molecular complexity index is 694. The van der Waals surface area contributed by atoms with Crippen LogP contribution in [-0.2, 0) is 6.42 Å². The van der Waals surface area contributed by atoms with Crippen LogP contribution >= 0.6 is 12.4 Å². The smallest absolute Gasteiger partial charge is 0.317 e. The number of carbonyl (C=O) groups excluding carboxylic acids is 1. The van der Waals surface area contributed by atoms with Gasteiger partial charge in [-0.25, -0.2) is 4.79 Å². The first kappa shape index (κ1) is 21.2. The molecule has 154 valence electrons. The Morgan fingerprint density at radius 1 is 1.14 bits per heavy atom. The molecule has 2 aliphatic heterocycles. The van der Waals surface area contributed by atoms with E-state index in [-0.39, 0.29) is 24.5 Å². The van der Waals surface area contributed by atoms with E-state index in [1.54, 1.807) is 0 Å². The minimum absolute atomic E-state index is 0. The average Bonchev–Trinajstić information content (AvgIpc) is 3.37. The predicted molar refractivity (Wildman–Crippen MR) is 118 cm³/mol. The Labute approximate surface area is 175 Å². The highest BCUT2D eigenvalue weighted by molar-refractivity contribution is 5.85. The van der Waals surface area contributed by atoms with Gasteiger partial charge in [-0.2, -0.15) is 0 Å². The van der Waals surface area contributed by atoms with Crippen LogP contribution in [0.3, 0.4) is 0 Å². The van der Waals surface area contributed by atoms with Gasteiger partial charge in [0.1, 0.15) is 0 Å². The predicted octanol–water partition coefficient (Wildman–Crippen LogP) is 4.20. The number of likely N-dealkylation sites (tertiary alicyclic amines) is 2. The number of carbonyl (C=O) groups is 1. The zero-order valence-electron chi connectivity index (χ0n) is 17.2. The van der Waals surface area contributed by atoms with Gasteiger partial charge in [-0.3, -0.25) is 0 Å². The second-order valence-electron chi connectivity index (χ2n) is 8.77. The third kappa shape index (κ3) is 4.72. The maximum absolute atomic E-state index is 12.3. The molecule has 0 saturated carbocycles. The molecule has 4 rings (SSSR count). The summed E-state index contributed by atoms with van der Waals surface area (Å²) in [7, 11) is 0. The van der Waals surface area contributed by atoms with E-state index in [1.807, 2.05) is 18.7 Å². The van der Waals surface area contributed by atoms with Gasteiger partial charge in [-0.05, 0) is 75.2 Å². The lowest BCUT2D eigenvalue weighted by molar-refractivity contribution is 0.204. The lowest BCUT2D eigenvalue weighted by Gasteiger charge is -2.20. The molecule has 3 aliphatic rings. The van der Waals surface area contributed by atoms with Crippen molar-refractivity contribution in [3.05, 3.63) is 41.5 Å². The van der Waals surface area contributed by atoms with Crippen molar-refractivity contribution >= 4 is 24.0 Å². The molecule has 0 unspecified atom stereocenters. The highest BCUT2D eigenvalue weighted by atomic mass is 35.5. The fourth-order valence-corrected chi connectivity index (χ4v) is 4.89. The third-order valence-corrected chi connectivity index (χ3v) is 6.38. The van der Waals surface area contributed by atoms with Crippen LogP contribution in [0, 0.1) is 11.8 Å². The number of rotatable bonds is 5. The maximum atomic E-state index is 12.3. The van der Waals surface area contributed by atoms with Crippen LogP contribution in [0.25, 0.3) is 5.57 Å². The summed E-state index contributed by atoms with van der Waals surface area (Å²) in [5.41, 5.74) is 4.23. The van der Waals surface area contributed by atoms with Crippen LogP contribution < -0.4 is 5.32 Å². The van der Waals surface area contributed by atoms with E-state index in [0.29, 0.717) is 11.8 Å². The van der Waals surface area contributed by atoms with Crippen LogP contribution in [0.4, 0.5) is 4.79 Å². The first-order valence-corrected chi connectivity index (χ1v) is 10.7. The van der Waals surface area contributed by atoms with Crippen LogP contribution in [-0.4, -0.2) is 54.6 Å². The monoisotopic (exact) mass is 403 g/mol. The first-order chi connectivity index (χ1) is 13.1. The van der Waals surface area contributed by atoms with E-state index < -0.39 is 0 Å². The Balaban J connectivity index is 0.00000225. The molecule has 1 aromatic rings. The largest absolute Gasteiger partial charge is 0.336 e. The van der Waals surface area contributed by atoms with Gasteiger partial charge in [-0.1, -0.05) is 30.3 Å². The van der Waals surface area contributed by atoms with Gasteiger partial charge in [0.2, 0.25) is 0 Å². The van der Waals surface area contributed by atoms with Gasteiger partial charge in [-0.15, -0.1) is 12.4 Å². The van der Waals surface area contributed by atoms with E-state index in [1.165, 1.54) is 49.2 Å². The Morgan fingerprint density at radius 2 is 1.86 bits per heavy atom. The minimum atomic E-state index is 0. The van der Waals surface area contributed by atoms with Crippen molar-refractivity contribution in [1.29, 1.82) is 0 Å². The Kier molecular flexibility index (Phi) is 7.05. The summed E-state index contributed by atoms with van der Waals surface area (Å²) in [6, 6.07) is 9.49. The van der Waals surface area contributed by atoms with Crippen LogP contribution in [0.5, 0.6) is 0 Å². The quantitative estimate of drug-likeness (QED) is 0.799. The molecule has 2 heterocycles. The molecule has 28 heavy (non-hydrogen) atoms. The van der Waals surface area contributed by atoms with Crippen LogP contribution in [0.1, 0.15) is 44.2 Å². The van der Waals surface area contributed by atoms with Crippen molar-refractivity contribution in [2.24, 2.45) is 11.8 Å². The number of nitrogens with zero attached hydrogens (tertiary/aromatic N) is 2.